The van der Waals surface area contributed by atoms with Gasteiger partial charge < -0.3 is 10.1 Å². The highest BCUT2D eigenvalue weighted by Crippen LogP contribution is 2.27. The van der Waals surface area contributed by atoms with Gasteiger partial charge in [-0.15, -0.1) is 0 Å². The number of ether oxygens (including phenoxy) is 1. The van der Waals surface area contributed by atoms with Gasteiger partial charge in [0.05, 0.1) is 12.1 Å². The summed E-state index contributed by atoms with van der Waals surface area (Å²) in [5, 5.41) is 3.06. The lowest BCUT2D eigenvalue weighted by Crippen LogP contribution is -2.19. The molecule has 1 atom stereocenters. The molecule has 0 amide bonds. The average Bonchev–Trinajstić information content (AvgIpc) is 2.41. The fourth-order valence-electron chi connectivity index (χ4n) is 2.28. The van der Waals surface area contributed by atoms with Crippen molar-refractivity contribution in [3.63, 3.8) is 0 Å². The fourth-order valence-corrected chi connectivity index (χ4v) is 2.28. The van der Waals surface area contributed by atoms with Gasteiger partial charge in [-0.1, -0.05) is 18.2 Å². The second-order valence-corrected chi connectivity index (χ2v) is 5.13. The maximum atomic E-state index is 14.0. The van der Waals surface area contributed by atoms with E-state index in [1.807, 2.05) is 38.1 Å². The molecule has 0 spiro atoms. The van der Waals surface area contributed by atoms with Crippen LogP contribution in [0.5, 0.6) is 5.75 Å². The molecule has 2 nitrogen and oxygen atoms in total. The molecule has 0 aromatic heterocycles. The van der Waals surface area contributed by atoms with Crippen LogP contribution < -0.4 is 10.1 Å². The van der Waals surface area contributed by atoms with Crippen LogP contribution in [0.25, 0.3) is 0 Å². The number of hydrogen-bond donors (Lipinski definition) is 1. The Bertz CT molecular complexity index is 613. The molecule has 0 aliphatic rings. The van der Waals surface area contributed by atoms with Gasteiger partial charge in [-0.05, 0) is 44.7 Å². The third kappa shape index (κ3) is 3.79. The molecule has 0 aliphatic heterocycles. The smallest absolute Gasteiger partial charge is 0.131 e. The quantitative estimate of drug-likeness (QED) is 0.897. The molecule has 2 aromatic carbocycles. The summed E-state index contributed by atoms with van der Waals surface area (Å²) < 4.78 is 32.7. The number of hydrogen-bond acceptors (Lipinski definition) is 2. The predicted octanol–water partition coefficient (Wildman–Crippen LogP) is 4.06. The maximum absolute atomic E-state index is 14.0. The van der Waals surface area contributed by atoms with E-state index in [4.69, 9.17) is 4.74 Å². The summed E-state index contributed by atoms with van der Waals surface area (Å²) in [5.41, 5.74) is 1.27. The normalized spacial score (nSPS) is 12.5. The minimum Gasteiger partial charge on any atom is -0.491 e. The molecule has 0 radical (unpaired) electrons. The van der Waals surface area contributed by atoms with Crippen LogP contribution in [0.2, 0.25) is 0 Å². The maximum Gasteiger partial charge on any atom is 0.131 e. The van der Waals surface area contributed by atoms with Crippen molar-refractivity contribution in [1.82, 2.24) is 5.32 Å². The van der Waals surface area contributed by atoms with E-state index in [-0.39, 0.29) is 12.1 Å². The molecular weight excluding hydrogens is 272 g/mol. The van der Waals surface area contributed by atoms with Gasteiger partial charge in [-0.25, -0.2) is 8.78 Å². The first-order valence-electron chi connectivity index (χ1n) is 6.90. The number of benzene rings is 2. The van der Waals surface area contributed by atoms with Gasteiger partial charge in [-0.2, -0.15) is 0 Å². The average molecular weight is 291 g/mol. The highest BCUT2D eigenvalue weighted by Gasteiger charge is 2.17. The molecule has 0 saturated carbocycles. The summed E-state index contributed by atoms with van der Waals surface area (Å²) in [6.07, 6.45) is 0.0656. The Balaban J connectivity index is 2.37. The molecule has 0 saturated heterocycles. The van der Waals surface area contributed by atoms with E-state index in [1.54, 1.807) is 7.05 Å². The van der Waals surface area contributed by atoms with Crippen molar-refractivity contribution in [2.24, 2.45) is 0 Å². The first-order chi connectivity index (χ1) is 10.0. The number of rotatable bonds is 5. The molecule has 0 heterocycles. The van der Waals surface area contributed by atoms with Crippen LogP contribution in [0.3, 0.4) is 0 Å². The Hall–Kier alpha value is -1.94. The highest BCUT2D eigenvalue weighted by molar-refractivity contribution is 5.37. The Morgan fingerprint density at radius 2 is 1.81 bits per heavy atom. The van der Waals surface area contributed by atoms with E-state index in [1.165, 1.54) is 12.1 Å². The van der Waals surface area contributed by atoms with Crippen molar-refractivity contribution in [1.29, 1.82) is 0 Å². The summed E-state index contributed by atoms with van der Waals surface area (Å²) in [7, 11) is 1.74. The topological polar surface area (TPSA) is 21.3 Å². The molecule has 1 unspecified atom stereocenters. The second kappa shape index (κ2) is 6.68. The molecule has 0 fully saturated rings. The summed E-state index contributed by atoms with van der Waals surface area (Å²) >= 11 is 0. The van der Waals surface area contributed by atoms with Crippen LogP contribution in [-0.4, -0.2) is 13.2 Å². The van der Waals surface area contributed by atoms with Gasteiger partial charge in [-0.3, -0.25) is 0 Å². The van der Waals surface area contributed by atoms with E-state index in [9.17, 15) is 8.78 Å². The number of nitrogens with one attached hydrogen (secondary N) is 1. The Kier molecular flexibility index (Phi) is 4.91. The Labute approximate surface area is 123 Å². The van der Waals surface area contributed by atoms with Crippen molar-refractivity contribution in [2.45, 2.75) is 26.0 Å². The second-order valence-electron chi connectivity index (χ2n) is 5.13. The van der Waals surface area contributed by atoms with Crippen LogP contribution in [0, 0.1) is 11.6 Å². The molecule has 2 aromatic rings. The molecule has 4 heteroatoms. The summed E-state index contributed by atoms with van der Waals surface area (Å²) in [6, 6.07) is 10.7. The van der Waals surface area contributed by atoms with Gasteiger partial charge in [0.1, 0.15) is 17.4 Å². The lowest BCUT2D eigenvalue weighted by molar-refractivity contribution is 0.242. The summed E-state index contributed by atoms with van der Waals surface area (Å²) in [5.74, 6) is -0.419. The van der Waals surface area contributed by atoms with E-state index in [0.29, 0.717) is 5.56 Å². The lowest BCUT2D eigenvalue weighted by Gasteiger charge is -2.19. The molecule has 2 rings (SSSR count). The van der Waals surface area contributed by atoms with Gasteiger partial charge in [0.15, 0.2) is 0 Å². The van der Waals surface area contributed by atoms with Crippen LogP contribution in [0.1, 0.15) is 31.0 Å². The van der Waals surface area contributed by atoms with E-state index < -0.39 is 11.6 Å². The van der Waals surface area contributed by atoms with Gasteiger partial charge >= 0.3 is 0 Å². The van der Waals surface area contributed by atoms with Crippen molar-refractivity contribution in [3.8, 4) is 5.75 Å². The zero-order valence-corrected chi connectivity index (χ0v) is 12.4. The van der Waals surface area contributed by atoms with Gasteiger partial charge in [0.25, 0.3) is 0 Å². The molecule has 21 heavy (non-hydrogen) atoms. The number of halogens is 2. The van der Waals surface area contributed by atoms with Gasteiger partial charge in [0.2, 0.25) is 0 Å². The van der Waals surface area contributed by atoms with E-state index >= 15 is 0 Å². The zero-order chi connectivity index (χ0) is 15.4. The minimum atomic E-state index is -0.581. The summed E-state index contributed by atoms with van der Waals surface area (Å²) in [6.45, 7) is 3.89. The fraction of sp³-hybridized carbons (Fsp3) is 0.294. The van der Waals surface area contributed by atoms with Crippen molar-refractivity contribution < 1.29 is 13.5 Å². The molecule has 0 aliphatic carbocycles. The lowest BCUT2D eigenvalue weighted by atomic mass is 9.98. The van der Waals surface area contributed by atoms with Crippen molar-refractivity contribution in [3.05, 3.63) is 65.2 Å². The van der Waals surface area contributed by atoms with Crippen LogP contribution in [0.4, 0.5) is 8.78 Å². The summed E-state index contributed by atoms with van der Waals surface area (Å²) in [4.78, 5) is 0. The molecule has 112 valence electrons. The molecular formula is C17H19F2NO. The Morgan fingerprint density at radius 3 is 2.43 bits per heavy atom. The first-order valence-corrected chi connectivity index (χ1v) is 6.90. The zero-order valence-electron chi connectivity index (χ0n) is 12.4. The minimum absolute atomic E-state index is 0.0656. The van der Waals surface area contributed by atoms with Gasteiger partial charge in [0, 0.05) is 11.6 Å². The van der Waals surface area contributed by atoms with Crippen LogP contribution in [0.15, 0.2) is 42.5 Å². The first kappa shape index (κ1) is 15.4. The monoisotopic (exact) mass is 291 g/mol. The molecule has 1 N–H and O–H groups in total. The largest absolute Gasteiger partial charge is 0.491 e. The predicted molar refractivity (Wildman–Crippen MR) is 79.5 cm³/mol. The highest BCUT2D eigenvalue weighted by atomic mass is 19.1. The standard InChI is InChI=1S/C17H19F2NO/c1-11(2)21-14-6-4-5-12(9-14)17(20-3)15-8-7-13(18)10-16(15)19/h4-11,17,20H,1-3H3. The van der Waals surface area contributed by atoms with Crippen molar-refractivity contribution >= 4 is 0 Å². The third-order valence-electron chi connectivity index (χ3n) is 3.13. The molecule has 0 bridgehead atoms. The van der Waals surface area contributed by atoms with E-state index in [2.05, 4.69) is 5.32 Å². The van der Waals surface area contributed by atoms with Crippen LogP contribution in [-0.2, 0) is 0 Å². The van der Waals surface area contributed by atoms with E-state index in [0.717, 1.165) is 17.4 Å². The third-order valence-corrected chi connectivity index (χ3v) is 3.13. The Morgan fingerprint density at radius 1 is 1.05 bits per heavy atom. The SMILES string of the molecule is CNC(c1cccc(OC(C)C)c1)c1ccc(F)cc1F. The van der Waals surface area contributed by atoms with Crippen LogP contribution >= 0.6 is 0 Å². The van der Waals surface area contributed by atoms with Crippen molar-refractivity contribution in [2.75, 3.05) is 7.05 Å².